The standard InChI is InChI=1S/C10H17N3S/c1-8(10-12-5-6-14-10)13-9-3-2-4-11-7-9/h5-6,8-9,11,13H,2-4,7H2,1H3/t8-,9-/m0/s1. The summed E-state index contributed by atoms with van der Waals surface area (Å²) in [6.45, 7) is 4.45. The van der Waals surface area contributed by atoms with E-state index in [2.05, 4.69) is 22.5 Å². The molecular formula is C10H17N3S. The predicted octanol–water partition coefficient (Wildman–Crippen LogP) is 1.55. The molecule has 2 heterocycles. The van der Waals surface area contributed by atoms with Gasteiger partial charge >= 0.3 is 0 Å². The second kappa shape index (κ2) is 4.87. The van der Waals surface area contributed by atoms with Gasteiger partial charge in [0.1, 0.15) is 5.01 Å². The SMILES string of the molecule is C[C@H](N[C@H]1CCCNC1)c1nccs1. The lowest BCUT2D eigenvalue weighted by molar-refractivity contribution is 0.361. The zero-order chi connectivity index (χ0) is 9.80. The fourth-order valence-electron chi connectivity index (χ4n) is 1.87. The molecule has 1 aliphatic heterocycles. The highest BCUT2D eigenvalue weighted by atomic mass is 32.1. The topological polar surface area (TPSA) is 37.0 Å². The Morgan fingerprint density at radius 1 is 1.71 bits per heavy atom. The first kappa shape index (κ1) is 10.1. The molecule has 3 nitrogen and oxygen atoms in total. The fraction of sp³-hybridized carbons (Fsp3) is 0.700. The van der Waals surface area contributed by atoms with Crippen LogP contribution < -0.4 is 10.6 Å². The molecule has 0 unspecified atom stereocenters. The van der Waals surface area contributed by atoms with E-state index in [9.17, 15) is 0 Å². The third-order valence-electron chi connectivity index (χ3n) is 2.60. The summed E-state index contributed by atoms with van der Waals surface area (Å²) in [5.74, 6) is 0. The maximum atomic E-state index is 4.32. The first-order valence-electron chi connectivity index (χ1n) is 5.22. The van der Waals surface area contributed by atoms with Crippen LogP contribution in [0, 0.1) is 0 Å². The maximum Gasteiger partial charge on any atom is 0.109 e. The van der Waals surface area contributed by atoms with Gasteiger partial charge in [-0.05, 0) is 26.3 Å². The Balaban J connectivity index is 1.84. The Kier molecular flexibility index (Phi) is 3.50. The Hall–Kier alpha value is -0.450. The van der Waals surface area contributed by atoms with Crippen molar-refractivity contribution in [2.75, 3.05) is 13.1 Å². The number of hydrogen-bond donors (Lipinski definition) is 2. The smallest absolute Gasteiger partial charge is 0.109 e. The molecule has 0 aromatic carbocycles. The zero-order valence-corrected chi connectivity index (χ0v) is 9.31. The molecule has 2 rings (SSSR count). The van der Waals surface area contributed by atoms with Crippen LogP contribution in [0.4, 0.5) is 0 Å². The molecule has 1 saturated heterocycles. The lowest BCUT2D eigenvalue weighted by atomic mass is 10.1. The van der Waals surface area contributed by atoms with Crippen molar-refractivity contribution >= 4 is 11.3 Å². The van der Waals surface area contributed by atoms with Crippen molar-refractivity contribution in [3.05, 3.63) is 16.6 Å². The largest absolute Gasteiger partial charge is 0.315 e. The van der Waals surface area contributed by atoms with E-state index in [0.29, 0.717) is 12.1 Å². The van der Waals surface area contributed by atoms with E-state index >= 15 is 0 Å². The van der Waals surface area contributed by atoms with Crippen LogP contribution in [0.1, 0.15) is 30.8 Å². The van der Waals surface area contributed by atoms with E-state index in [-0.39, 0.29) is 0 Å². The zero-order valence-electron chi connectivity index (χ0n) is 8.49. The normalized spacial score (nSPS) is 24.8. The first-order chi connectivity index (χ1) is 6.86. The molecular weight excluding hydrogens is 194 g/mol. The molecule has 0 bridgehead atoms. The lowest BCUT2D eigenvalue weighted by Crippen LogP contribution is -2.43. The Morgan fingerprint density at radius 3 is 3.29 bits per heavy atom. The summed E-state index contributed by atoms with van der Waals surface area (Å²) in [7, 11) is 0. The minimum atomic E-state index is 0.389. The number of hydrogen-bond acceptors (Lipinski definition) is 4. The number of aromatic nitrogens is 1. The van der Waals surface area contributed by atoms with Crippen molar-refractivity contribution in [3.63, 3.8) is 0 Å². The number of piperidine rings is 1. The number of rotatable bonds is 3. The van der Waals surface area contributed by atoms with E-state index in [1.165, 1.54) is 24.4 Å². The van der Waals surface area contributed by atoms with Gasteiger partial charge in [0.05, 0.1) is 6.04 Å². The van der Waals surface area contributed by atoms with Crippen molar-refractivity contribution < 1.29 is 0 Å². The second-order valence-electron chi connectivity index (χ2n) is 3.80. The summed E-state index contributed by atoms with van der Waals surface area (Å²) in [6.07, 6.45) is 4.43. The van der Waals surface area contributed by atoms with E-state index in [4.69, 9.17) is 0 Å². The van der Waals surface area contributed by atoms with Gasteiger partial charge in [-0.3, -0.25) is 0 Å². The summed E-state index contributed by atoms with van der Waals surface area (Å²) in [5, 5.41) is 10.2. The van der Waals surface area contributed by atoms with Crippen molar-refractivity contribution in [1.82, 2.24) is 15.6 Å². The summed E-state index contributed by atoms with van der Waals surface area (Å²) in [6, 6.07) is 1.00. The number of thiazole rings is 1. The average Bonchev–Trinajstić information content (AvgIpc) is 2.72. The fourth-order valence-corrected chi connectivity index (χ4v) is 2.52. The molecule has 0 amide bonds. The average molecular weight is 211 g/mol. The molecule has 0 spiro atoms. The summed E-state index contributed by atoms with van der Waals surface area (Å²) in [4.78, 5) is 4.32. The van der Waals surface area contributed by atoms with Gasteiger partial charge in [0, 0.05) is 24.2 Å². The molecule has 2 atom stereocenters. The van der Waals surface area contributed by atoms with Gasteiger partial charge < -0.3 is 10.6 Å². The highest BCUT2D eigenvalue weighted by Gasteiger charge is 2.16. The van der Waals surface area contributed by atoms with E-state index in [0.717, 1.165) is 6.54 Å². The number of nitrogens with zero attached hydrogens (tertiary/aromatic N) is 1. The van der Waals surface area contributed by atoms with Crippen molar-refractivity contribution in [1.29, 1.82) is 0 Å². The molecule has 2 N–H and O–H groups in total. The highest BCUT2D eigenvalue weighted by molar-refractivity contribution is 7.09. The van der Waals surface area contributed by atoms with Crippen LogP contribution in [0.15, 0.2) is 11.6 Å². The van der Waals surface area contributed by atoms with Gasteiger partial charge in [-0.25, -0.2) is 4.98 Å². The van der Waals surface area contributed by atoms with Crippen LogP contribution in [0.2, 0.25) is 0 Å². The van der Waals surface area contributed by atoms with E-state index < -0.39 is 0 Å². The third kappa shape index (κ3) is 2.53. The van der Waals surface area contributed by atoms with Crippen LogP contribution >= 0.6 is 11.3 Å². The van der Waals surface area contributed by atoms with Gasteiger partial charge in [0.15, 0.2) is 0 Å². The second-order valence-corrected chi connectivity index (χ2v) is 4.73. The van der Waals surface area contributed by atoms with Crippen LogP contribution in [-0.2, 0) is 0 Å². The van der Waals surface area contributed by atoms with Gasteiger partial charge in [-0.1, -0.05) is 0 Å². The summed E-state index contributed by atoms with van der Waals surface area (Å²) >= 11 is 1.73. The Bertz CT molecular complexity index is 254. The molecule has 4 heteroatoms. The molecule has 1 aromatic heterocycles. The van der Waals surface area contributed by atoms with Crippen LogP contribution in [0.3, 0.4) is 0 Å². The quantitative estimate of drug-likeness (QED) is 0.796. The molecule has 0 saturated carbocycles. The molecule has 1 aliphatic rings. The van der Waals surface area contributed by atoms with Gasteiger partial charge in [-0.2, -0.15) is 0 Å². The Labute approximate surface area is 88.9 Å². The summed E-state index contributed by atoms with van der Waals surface area (Å²) in [5.41, 5.74) is 0. The Morgan fingerprint density at radius 2 is 2.64 bits per heavy atom. The highest BCUT2D eigenvalue weighted by Crippen LogP contribution is 2.16. The van der Waals surface area contributed by atoms with E-state index in [1.54, 1.807) is 11.3 Å². The molecule has 1 aromatic rings. The van der Waals surface area contributed by atoms with Crippen molar-refractivity contribution in [2.45, 2.75) is 31.8 Å². The lowest BCUT2D eigenvalue weighted by Gasteiger charge is -2.26. The minimum Gasteiger partial charge on any atom is -0.315 e. The van der Waals surface area contributed by atoms with Crippen molar-refractivity contribution in [3.8, 4) is 0 Å². The number of nitrogens with one attached hydrogen (secondary N) is 2. The summed E-state index contributed by atoms with van der Waals surface area (Å²) < 4.78 is 0. The molecule has 14 heavy (non-hydrogen) atoms. The van der Waals surface area contributed by atoms with Crippen molar-refractivity contribution in [2.24, 2.45) is 0 Å². The predicted molar refractivity (Wildman–Crippen MR) is 59.6 cm³/mol. The molecule has 0 aliphatic carbocycles. The monoisotopic (exact) mass is 211 g/mol. The molecule has 78 valence electrons. The third-order valence-corrected chi connectivity index (χ3v) is 3.56. The van der Waals surface area contributed by atoms with E-state index in [1.807, 2.05) is 11.6 Å². The molecule has 0 radical (unpaired) electrons. The van der Waals surface area contributed by atoms with Crippen LogP contribution in [0.25, 0.3) is 0 Å². The van der Waals surface area contributed by atoms with Gasteiger partial charge in [-0.15, -0.1) is 11.3 Å². The first-order valence-corrected chi connectivity index (χ1v) is 6.10. The van der Waals surface area contributed by atoms with Gasteiger partial charge in [0.2, 0.25) is 0 Å². The van der Waals surface area contributed by atoms with Gasteiger partial charge in [0.25, 0.3) is 0 Å². The molecule has 1 fully saturated rings. The van der Waals surface area contributed by atoms with Crippen LogP contribution in [0.5, 0.6) is 0 Å². The maximum absolute atomic E-state index is 4.32. The minimum absolute atomic E-state index is 0.389. The van der Waals surface area contributed by atoms with Crippen LogP contribution in [-0.4, -0.2) is 24.1 Å².